The topological polar surface area (TPSA) is 49.8 Å². The molecule has 0 radical (unpaired) electrons. The van der Waals surface area contributed by atoms with Crippen molar-refractivity contribution in [3.8, 4) is 5.75 Å². The van der Waals surface area contributed by atoms with Crippen molar-refractivity contribution < 1.29 is 14.7 Å². The number of carbonyl (C=O) groups excluding carboxylic acids is 1. The Morgan fingerprint density at radius 1 is 1.12 bits per heavy atom. The van der Waals surface area contributed by atoms with Crippen molar-refractivity contribution in [2.75, 3.05) is 6.61 Å². The van der Waals surface area contributed by atoms with E-state index in [1.54, 1.807) is 62.4 Å². The van der Waals surface area contributed by atoms with Gasteiger partial charge in [0.15, 0.2) is 0 Å². The molecule has 0 atom stereocenters. The molecule has 0 unspecified atom stereocenters. The summed E-state index contributed by atoms with van der Waals surface area (Å²) in [4.78, 5) is 12.5. The van der Waals surface area contributed by atoms with E-state index in [9.17, 15) is 10.0 Å². The molecule has 0 aromatic heterocycles. The van der Waals surface area contributed by atoms with Crippen LogP contribution in [0.25, 0.3) is 0 Å². The lowest BCUT2D eigenvalue weighted by Gasteiger charge is -2.28. The smallest absolute Gasteiger partial charge is 0.255 e. The molecule has 24 heavy (non-hydrogen) atoms. The van der Waals surface area contributed by atoms with Gasteiger partial charge in [-0.1, -0.05) is 41.4 Å². The Kier molecular flexibility index (Phi) is 6.10. The van der Waals surface area contributed by atoms with E-state index in [0.717, 1.165) is 0 Å². The Morgan fingerprint density at radius 2 is 1.75 bits per heavy atom. The first-order valence-electron chi connectivity index (χ1n) is 7.42. The summed E-state index contributed by atoms with van der Waals surface area (Å²) in [6, 6.07) is 13.9. The van der Waals surface area contributed by atoms with Crippen LogP contribution in [0.15, 0.2) is 48.5 Å². The predicted octanol–water partition coefficient (Wildman–Crippen LogP) is 4.82. The summed E-state index contributed by atoms with van der Waals surface area (Å²) >= 11 is 11.9. The highest BCUT2D eigenvalue weighted by Crippen LogP contribution is 2.24. The molecule has 0 fully saturated rings. The molecule has 0 heterocycles. The van der Waals surface area contributed by atoms with E-state index in [1.165, 1.54) is 0 Å². The summed E-state index contributed by atoms with van der Waals surface area (Å²) in [6.07, 6.45) is 0. The predicted molar refractivity (Wildman–Crippen MR) is 94.5 cm³/mol. The van der Waals surface area contributed by atoms with Crippen molar-refractivity contribution >= 4 is 29.1 Å². The lowest BCUT2D eigenvalue weighted by Crippen LogP contribution is -2.42. The van der Waals surface area contributed by atoms with Crippen LogP contribution >= 0.6 is 23.2 Å². The Balaban J connectivity index is 1.98. The third kappa shape index (κ3) is 4.87. The molecular formula is C18H19Cl2NO3. The zero-order chi connectivity index (χ0) is 17.7. The minimum atomic E-state index is -0.907. The summed E-state index contributed by atoms with van der Waals surface area (Å²) in [6.45, 7) is 3.55. The molecule has 0 aliphatic heterocycles. The second-order valence-corrected chi connectivity index (χ2v) is 6.92. The number of amides is 1. The Labute approximate surface area is 151 Å². The average Bonchev–Trinajstić information content (AvgIpc) is 2.55. The fourth-order valence-electron chi connectivity index (χ4n) is 2.07. The molecule has 0 aliphatic carbocycles. The molecule has 2 aromatic carbocycles. The van der Waals surface area contributed by atoms with E-state index in [4.69, 9.17) is 27.9 Å². The van der Waals surface area contributed by atoms with Crippen LogP contribution in [-0.4, -0.2) is 22.8 Å². The van der Waals surface area contributed by atoms with E-state index in [2.05, 4.69) is 0 Å². The van der Waals surface area contributed by atoms with Crippen LogP contribution in [0, 0.1) is 5.41 Å². The molecule has 1 amide bonds. The molecule has 2 aromatic rings. The van der Waals surface area contributed by atoms with Gasteiger partial charge in [0.05, 0.1) is 12.0 Å². The molecule has 6 heteroatoms. The van der Waals surface area contributed by atoms with Crippen molar-refractivity contribution in [2.45, 2.75) is 20.4 Å². The van der Waals surface area contributed by atoms with Gasteiger partial charge in [0, 0.05) is 10.0 Å². The summed E-state index contributed by atoms with van der Waals surface area (Å²) in [5, 5.41) is 11.9. The van der Waals surface area contributed by atoms with Crippen molar-refractivity contribution in [2.24, 2.45) is 5.41 Å². The third-order valence-electron chi connectivity index (χ3n) is 3.50. The second-order valence-electron chi connectivity index (χ2n) is 6.08. The number of hydrogen-bond acceptors (Lipinski definition) is 3. The monoisotopic (exact) mass is 367 g/mol. The van der Waals surface area contributed by atoms with Crippen molar-refractivity contribution in [1.82, 2.24) is 5.06 Å². The highest BCUT2D eigenvalue weighted by atomic mass is 35.5. The molecule has 0 spiro atoms. The lowest BCUT2D eigenvalue weighted by molar-refractivity contribution is -0.179. The summed E-state index contributed by atoms with van der Waals surface area (Å²) in [5.41, 5.74) is -0.236. The zero-order valence-corrected chi connectivity index (χ0v) is 15.0. The number of halogens is 2. The quantitative estimate of drug-likeness (QED) is 0.588. The maximum absolute atomic E-state index is 12.5. The Bertz CT molecular complexity index is 702. The zero-order valence-electron chi connectivity index (χ0n) is 13.5. The first-order chi connectivity index (χ1) is 11.3. The number of hydroxylamine groups is 2. The van der Waals surface area contributed by atoms with Crippen LogP contribution in [0.2, 0.25) is 10.0 Å². The van der Waals surface area contributed by atoms with Gasteiger partial charge < -0.3 is 4.74 Å². The van der Waals surface area contributed by atoms with Gasteiger partial charge in [0.25, 0.3) is 5.91 Å². The first-order valence-corrected chi connectivity index (χ1v) is 8.18. The van der Waals surface area contributed by atoms with E-state index in [1.807, 2.05) is 0 Å². The molecular weight excluding hydrogens is 349 g/mol. The lowest BCUT2D eigenvalue weighted by atomic mass is 9.93. The number of nitrogens with zero attached hydrogens (tertiary/aromatic N) is 1. The van der Waals surface area contributed by atoms with E-state index >= 15 is 0 Å². The van der Waals surface area contributed by atoms with Crippen LogP contribution < -0.4 is 4.74 Å². The highest BCUT2D eigenvalue weighted by molar-refractivity contribution is 6.31. The van der Waals surface area contributed by atoms with Gasteiger partial charge in [-0.15, -0.1) is 0 Å². The van der Waals surface area contributed by atoms with Gasteiger partial charge in [0.1, 0.15) is 12.4 Å². The molecule has 1 N–H and O–H groups in total. The van der Waals surface area contributed by atoms with Crippen LogP contribution in [0.3, 0.4) is 0 Å². The molecule has 0 aliphatic rings. The number of ether oxygens (including phenoxy) is 1. The minimum absolute atomic E-state index is 0.0167. The van der Waals surface area contributed by atoms with Gasteiger partial charge in [-0.3, -0.25) is 10.0 Å². The Morgan fingerprint density at radius 3 is 2.38 bits per heavy atom. The van der Waals surface area contributed by atoms with Gasteiger partial charge in [-0.25, -0.2) is 5.06 Å². The summed E-state index contributed by atoms with van der Waals surface area (Å²) in [7, 11) is 0. The number of benzene rings is 2. The van der Waals surface area contributed by atoms with Crippen LogP contribution in [-0.2, 0) is 11.3 Å². The maximum atomic E-state index is 12.5. The van der Waals surface area contributed by atoms with Crippen LogP contribution in [0.1, 0.15) is 19.4 Å². The van der Waals surface area contributed by atoms with Gasteiger partial charge in [-0.05, 0) is 49.7 Å². The molecule has 128 valence electrons. The van der Waals surface area contributed by atoms with Gasteiger partial charge >= 0.3 is 0 Å². The minimum Gasteiger partial charge on any atom is -0.492 e. The standard InChI is InChI=1S/C18H19Cl2NO3/c1-18(2,12-24-15-9-7-14(19)8-10-15)17(22)21(23)11-13-5-3-4-6-16(13)20/h3-10,23H,11-12H2,1-2H3. The van der Waals surface area contributed by atoms with Gasteiger partial charge in [0.2, 0.25) is 0 Å². The Hall–Kier alpha value is -1.75. The van der Waals surface area contributed by atoms with Crippen molar-refractivity contribution in [3.63, 3.8) is 0 Å². The fourth-order valence-corrected chi connectivity index (χ4v) is 2.39. The second kappa shape index (κ2) is 7.88. The van der Waals surface area contributed by atoms with E-state index < -0.39 is 11.3 Å². The normalized spacial score (nSPS) is 11.2. The van der Waals surface area contributed by atoms with E-state index in [0.29, 0.717) is 26.4 Å². The number of carbonyl (C=O) groups is 1. The SMILES string of the molecule is CC(C)(COc1ccc(Cl)cc1)C(=O)N(O)Cc1ccccc1Cl. The molecule has 4 nitrogen and oxygen atoms in total. The maximum Gasteiger partial charge on any atom is 0.255 e. The molecule has 0 bridgehead atoms. The molecule has 2 rings (SSSR count). The molecule has 0 saturated heterocycles. The van der Waals surface area contributed by atoms with Crippen molar-refractivity contribution in [1.29, 1.82) is 0 Å². The van der Waals surface area contributed by atoms with Gasteiger partial charge in [-0.2, -0.15) is 0 Å². The summed E-state index contributed by atoms with van der Waals surface area (Å²) < 4.78 is 5.63. The van der Waals surface area contributed by atoms with E-state index in [-0.39, 0.29) is 13.2 Å². The largest absolute Gasteiger partial charge is 0.492 e. The van der Waals surface area contributed by atoms with Crippen molar-refractivity contribution in [3.05, 3.63) is 64.1 Å². The fraction of sp³-hybridized carbons (Fsp3) is 0.278. The number of hydrogen-bond donors (Lipinski definition) is 1. The summed E-state index contributed by atoms with van der Waals surface area (Å²) in [5.74, 6) is 0.159. The van der Waals surface area contributed by atoms with Crippen LogP contribution in [0.4, 0.5) is 0 Å². The van der Waals surface area contributed by atoms with Crippen LogP contribution in [0.5, 0.6) is 5.75 Å². The third-order valence-corrected chi connectivity index (χ3v) is 4.13. The highest BCUT2D eigenvalue weighted by Gasteiger charge is 2.33. The average molecular weight is 368 g/mol. The molecule has 0 saturated carbocycles. The number of rotatable bonds is 6. The first kappa shape index (κ1) is 18.6.